The Bertz CT molecular complexity index is 420. The first-order valence-electron chi connectivity index (χ1n) is 6.04. The van der Waals surface area contributed by atoms with E-state index >= 15 is 0 Å². The van der Waals surface area contributed by atoms with E-state index in [2.05, 4.69) is 4.99 Å². The Kier molecular flexibility index (Phi) is 3.48. The zero-order chi connectivity index (χ0) is 12.3. The minimum absolute atomic E-state index is 0.749. The molecule has 1 aromatic carbocycles. The number of ether oxygens (including phenoxy) is 1. The summed E-state index contributed by atoms with van der Waals surface area (Å²) in [4.78, 5) is 4.30. The lowest BCUT2D eigenvalue weighted by Crippen LogP contribution is -2.36. The Balaban J connectivity index is 2.35. The van der Waals surface area contributed by atoms with Gasteiger partial charge in [-0.3, -0.25) is 4.99 Å². The van der Waals surface area contributed by atoms with Gasteiger partial charge in [-0.1, -0.05) is 25.0 Å². The van der Waals surface area contributed by atoms with Crippen molar-refractivity contribution in [2.75, 3.05) is 14.2 Å². The van der Waals surface area contributed by atoms with Gasteiger partial charge in [0.05, 0.1) is 12.8 Å². The van der Waals surface area contributed by atoms with Crippen molar-refractivity contribution in [1.82, 2.24) is 0 Å². The molecular weight excluding hydrogens is 214 g/mol. The summed E-state index contributed by atoms with van der Waals surface area (Å²) in [5.41, 5.74) is 0.992. The number of aliphatic hydroxyl groups is 1. The highest BCUT2D eigenvalue weighted by atomic mass is 16.5. The zero-order valence-electron chi connectivity index (χ0n) is 10.4. The molecule has 3 nitrogen and oxygen atoms in total. The highest BCUT2D eigenvalue weighted by Crippen LogP contribution is 2.33. The molecule has 0 atom stereocenters. The first-order chi connectivity index (χ1) is 8.19. The second-order valence-electron chi connectivity index (χ2n) is 4.54. The maximum atomic E-state index is 10.6. The molecule has 92 valence electrons. The average molecular weight is 233 g/mol. The fraction of sp³-hybridized carbons (Fsp3) is 0.500. The maximum absolute atomic E-state index is 10.6. The van der Waals surface area contributed by atoms with E-state index in [4.69, 9.17) is 4.74 Å². The summed E-state index contributed by atoms with van der Waals surface area (Å²) < 4.78 is 5.21. The first-order valence-corrected chi connectivity index (χ1v) is 6.04. The molecule has 1 aliphatic rings. The van der Waals surface area contributed by atoms with Crippen LogP contribution in [0.1, 0.15) is 31.2 Å². The minimum atomic E-state index is -0.749. The summed E-state index contributed by atoms with van der Waals surface area (Å²) in [5.74, 6) is 0.797. The SMILES string of the molecule is CN=C(c1cccc(OC)c1)C1(O)CCCC1. The molecule has 0 aliphatic heterocycles. The largest absolute Gasteiger partial charge is 0.497 e. The standard InChI is InChI=1S/C14H19NO2/c1-15-13(14(16)8-3-4-9-14)11-6-5-7-12(10-11)17-2/h5-7,10,16H,3-4,8-9H2,1-2H3. The fourth-order valence-electron chi connectivity index (χ4n) is 2.57. The van der Waals surface area contributed by atoms with Crippen LogP contribution in [0.15, 0.2) is 29.3 Å². The maximum Gasteiger partial charge on any atom is 0.119 e. The van der Waals surface area contributed by atoms with Crippen LogP contribution in [0.4, 0.5) is 0 Å². The molecule has 3 heteroatoms. The Labute approximate surface area is 102 Å². The molecular formula is C14H19NO2. The number of hydrogen-bond donors (Lipinski definition) is 1. The van der Waals surface area contributed by atoms with E-state index in [1.165, 1.54) is 0 Å². The minimum Gasteiger partial charge on any atom is -0.497 e. The quantitative estimate of drug-likeness (QED) is 0.815. The topological polar surface area (TPSA) is 41.8 Å². The molecule has 0 amide bonds. The van der Waals surface area contributed by atoms with Gasteiger partial charge in [0.1, 0.15) is 11.4 Å². The number of hydrogen-bond acceptors (Lipinski definition) is 3. The van der Waals surface area contributed by atoms with Crippen molar-refractivity contribution in [2.45, 2.75) is 31.3 Å². The van der Waals surface area contributed by atoms with Crippen LogP contribution in [0.3, 0.4) is 0 Å². The molecule has 1 aromatic rings. The van der Waals surface area contributed by atoms with Crippen LogP contribution in [0.2, 0.25) is 0 Å². The highest BCUT2D eigenvalue weighted by Gasteiger charge is 2.36. The Morgan fingerprint density at radius 2 is 2.06 bits per heavy atom. The van der Waals surface area contributed by atoms with Gasteiger partial charge in [-0.15, -0.1) is 0 Å². The predicted molar refractivity (Wildman–Crippen MR) is 68.9 cm³/mol. The van der Waals surface area contributed by atoms with Crippen molar-refractivity contribution in [3.05, 3.63) is 29.8 Å². The molecule has 0 aromatic heterocycles. The van der Waals surface area contributed by atoms with Crippen molar-refractivity contribution < 1.29 is 9.84 Å². The summed E-state index contributed by atoms with van der Waals surface area (Å²) in [6.45, 7) is 0. The second kappa shape index (κ2) is 4.88. The van der Waals surface area contributed by atoms with Gasteiger partial charge in [-0.05, 0) is 25.0 Å². The Morgan fingerprint density at radius 3 is 2.65 bits per heavy atom. The van der Waals surface area contributed by atoms with Gasteiger partial charge in [-0.2, -0.15) is 0 Å². The summed E-state index contributed by atoms with van der Waals surface area (Å²) in [6, 6.07) is 7.73. The smallest absolute Gasteiger partial charge is 0.119 e. The molecule has 0 spiro atoms. The number of methoxy groups -OCH3 is 1. The monoisotopic (exact) mass is 233 g/mol. The molecule has 1 fully saturated rings. The van der Waals surface area contributed by atoms with E-state index in [0.717, 1.165) is 42.7 Å². The van der Waals surface area contributed by atoms with Crippen LogP contribution in [-0.4, -0.2) is 30.6 Å². The third-order valence-electron chi connectivity index (χ3n) is 3.44. The second-order valence-corrected chi connectivity index (χ2v) is 4.54. The van der Waals surface area contributed by atoms with E-state index in [0.29, 0.717) is 0 Å². The number of rotatable bonds is 3. The van der Waals surface area contributed by atoms with Gasteiger partial charge >= 0.3 is 0 Å². The molecule has 0 unspecified atom stereocenters. The van der Waals surface area contributed by atoms with Crippen molar-refractivity contribution in [1.29, 1.82) is 0 Å². The molecule has 1 aliphatic carbocycles. The van der Waals surface area contributed by atoms with Crippen LogP contribution in [0.5, 0.6) is 5.75 Å². The Hall–Kier alpha value is -1.35. The summed E-state index contributed by atoms with van der Waals surface area (Å²) >= 11 is 0. The summed E-state index contributed by atoms with van der Waals surface area (Å²) in [7, 11) is 3.39. The molecule has 0 saturated heterocycles. The van der Waals surface area contributed by atoms with E-state index in [1.807, 2.05) is 24.3 Å². The molecule has 17 heavy (non-hydrogen) atoms. The molecule has 2 rings (SSSR count). The normalized spacial score (nSPS) is 19.4. The van der Waals surface area contributed by atoms with Crippen molar-refractivity contribution in [3.63, 3.8) is 0 Å². The van der Waals surface area contributed by atoms with Crippen LogP contribution < -0.4 is 4.74 Å². The van der Waals surface area contributed by atoms with Gasteiger partial charge in [-0.25, -0.2) is 0 Å². The first kappa shape index (κ1) is 12.1. The summed E-state index contributed by atoms with van der Waals surface area (Å²) in [5, 5.41) is 10.6. The van der Waals surface area contributed by atoms with Crippen LogP contribution in [0.25, 0.3) is 0 Å². The lowest BCUT2D eigenvalue weighted by Gasteiger charge is -2.24. The van der Waals surface area contributed by atoms with Gasteiger partial charge in [0.25, 0.3) is 0 Å². The van der Waals surface area contributed by atoms with Gasteiger partial charge in [0, 0.05) is 12.6 Å². The summed E-state index contributed by atoms with van der Waals surface area (Å²) in [6.07, 6.45) is 3.74. The zero-order valence-corrected chi connectivity index (χ0v) is 10.4. The highest BCUT2D eigenvalue weighted by molar-refractivity contribution is 6.06. The molecule has 1 saturated carbocycles. The van der Waals surface area contributed by atoms with Crippen LogP contribution in [-0.2, 0) is 0 Å². The third-order valence-corrected chi connectivity index (χ3v) is 3.44. The van der Waals surface area contributed by atoms with Gasteiger partial charge in [0.2, 0.25) is 0 Å². The number of aliphatic imine (C=N–C) groups is 1. The average Bonchev–Trinajstić information content (AvgIpc) is 2.78. The van der Waals surface area contributed by atoms with Crippen molar-refractivity contribution in [3.8, 4) is 5.75 Å². The lowest BCUT2D eigenvalue weighted by molar-refractivity contribution is 0.121. The van der Waals surface area contributed by atoms with Gasteiger partial charge < -0.3 is 9.84 Å². The molecule has 0 bridgehead atoms. The fourth-order valence-corrected chi connectivity index (χ4v) is 2.57. The van der Waals surface area contributed by atoms with E-state index in [9.17, 15) is 5.11 Å². The molecule has 0 radical (unpaired) electrons. The number of nitrogens with zero attached hydrogens (tertiary/aromatic N) is 1. The Morgan fingerprint density at radius 1 is 1.35 bits per heavy atom. The van der Waals surface area contributed by atoms with Gasteiger partial charge in [0.15, 0.2) is 0 Å². The van der Waals surface area contributed by atoms with E-state index in [1.54, 1.807) is 14.2 Å². The molecule has 0 heterocycles. The lowest BCUT2D eigenvalue weighted by atomic mass is 9.90. The van der Waals surface area contributed by atoms with E-state index < -0.39 is 5.60 Å². The molecule has 1 N–H and O–H groups in total. The number of benzene rings is 1. The predicted octanol–water partition coefficient (Wildman–Crippen LogP) is 2.42. The third kappa shape index (κ3) is 2.34. The van der Waals surface area contributed by atoms with Crippen LogP contribution in [0, 0.1) is 0 Å². The van der Waals surface area contributed by atoms with Crippen LogP contribution >= 0.6 is 0 Å². The van der Waals surface area contributed by atoms with Crippen molar-refractivity contribution in [2.24, 2.45) is 4.99 Å². The van der Waals surface area contributed by atoms with E-state index in [-0.39, 0.29) is 0 Å². The van der Waals surface area contributed by atoms with Crippen molar-refractivity contribution >= 4 is 5.71 Å².